The van der Waals surface area contributed by atoms with Gasteiger partial charge in [0.2, 0.25) is 0 Å². The predicted octanol–water partition coefficient (Wildman–Crippen LogP) is 6.54. The Hall–Kier alpha value is -3.93. The van der Waals surface area contributed by atoms with Crippen LogP contribution in [0, 0.1) is 0 Å². The normalized spacial score (nSPS) is 10.9. The monoisotopic (exact) mass is 443 g/mol. The Kier molecular flexibility index (Phi) is 6.54. The number of aromatic nitrogens is 1. The first-order valence-electron chi connectivity index (χ1n) is 11.2. The van der Waals surface area contributed by atoms with Crippen LogP contribution in [0.1, 0.15) is 20.3 Å². The molecule has 1 heterocycles. The van der Waals surface area contributed by atoms with Crippen molar-refractivity contribution in [2.75, 3.05) is 24.8 Å². The first-order chi connectivity index (χ1) is 16.0. The van der Waals surface area contributed by atoms with Crippen molar-refractivity contribution in [3.8, 4) is 28.1 Å². The Morgan fingerprint density at radius 1 is 0.970 bits per heavy atom. The molecule has 170 valence electrons. The zero-order valence-corrected chi connectivity index (χ0v) is 19.2. The van der Waals surface area contributed by atoms with Gasteiger partial charge in [0.1, 0.15) is 5.75 Å². The van der Waals surface area contributed by atoms with Gasteiger partial charge in [-0.1, -0.05) is 37.3 Å². The molecular weight excluding hydrogens is 414 g/mol. The van der Waals surface area contributed by atoms with E-state index in [1.165, 1.54) is 0 Å². The van der Waals surface area contributed by atoms with Gasteiger partial charge >= 0.3 is 6.09 Å². The molecule has 0 fully saturated rings. The molecule has 0 aliphatic carbocycles. The molecule has 3 N–H and O–H groups in total. The standard InChI is InChI=1S/C27H29N3O3/c1-4-14-33-27(31)29-21-10-6-9-20(15-21)26-25(28)23-17-19(12-13-24(23)30(26)5-2)18-8-7-11-22(16-18)32-3/h6-13,15-17H,4-5,14,28H2,1-3H3,(H,29,31). The van der Waals surface area contributed by atoms with E-state index in [0.29, 0.717) is 18.0 Å². The number of amides is 1. The van der Waals surface area contributed by atoms with Gasteiger partial charge in [0.05, 0.1) is 30.6 Å². The maximum Gasteiger partial charge on any atom is 0.411 e. The number of nitrogens with zero attached hydrogens (tertiary/aromatic N) is 1. The lowest BCUT2D eigenvalue weighted by Gasteiger charge is -2.11. The highest BCUT2D eigenvalue weighted by molar-refractivity contribution is 6.03. The second-order valence-electron chi connectivity index (χ2n) is 7.81. The maximum absolute atomic E-state index is 12.0. The van der Waals surface area contributed by atoms with Crippen LogP contribution in [0.15, 0.2) is 66.7 Å². The number of hydrogen-bond acceptors (Lipinski definition) is 4. The van der Waals surface area contributed by atoms with Crippen molar-refractivity contribution in [3.05, 3.63) is 66.7 Å². The van der Waals surface area contributed by atoms with E-state index < -0.39 is 6.09 Å². The van der Waals surface area contributed by atoms with Crippen molar-refractivity contribution in [2.24, 2.45) is 0 Å². The molecule has 0 unspecified atom stereocenters. The average Bonchev–Trinajstić information content (AvgIpc) is 3.13. The molecule has 0 atom stereocenters. The summed E-state index contributed by atoms with van der Waals surface area (Å²) in [6, 6.07) is 22.0. The number of rotatable bonds is 7. The lowest BCUT2D eigenvalue weighted by Crippen LogP contribution is -2.14. The van der Waals surface area contributed by atoms with Gasteiger partial charge in [0.15, 0.2) is 0 Å². The molecule has 4 aromatic rings. The summed E-state index contributed by atoms with van der Waals surface area (Å²) in [5.41, 5.74) is 13.2. The molecule has 0 saturated heterocycles. The van der Waals surface area contributed by atoms with Gasteiger partial charge in [-0.2, -0.15) is 0 Å². The van der Waals surface area contributed by atoms with Crippen molar-refractivity contribution < 1.29 is 14.3 Å². The van der Waals surface area contributed by atoms with Crippen LogP contribution >= 0.6 is 0 Å². The SMILES string of the molecule is CCCOC(=O)Nc1cccc(-c2c(N)c3cc(-c4cccc(OC)c4)ccc3n2CC)c1. The molecule has 0 aliphatic rings. The third kappa shape index (κ3) is 4.51. The second-order valence-corrected chi connectivity index (χ2v) is 7.81. The third-order valence-corrected chi connectivity index (χ3v) is 5.64. The van der Waals surface area contributed by atoms with E-state index in [1.807, 2.05) is 49.4 Å². The van der Waals surface area contributed by atoms with Crippen molar-refractivity contribution in [1.82, 2.24) is 4.57 Å². The highest BCUT2D eigenvalue weighted by atomic mass is 16.5. The van der Waals surface area contributed by atoms with E-state index in [0.717, 1.165) is 52.0 Å². The van der Waals surface area contributed by atoms with Crippen LogP contribution in [0.4, 0.5) is 16.2 Å². The van der Waals surface area contributed by atoms with Crippen LogP contribution in [0.3, 0.4) is 0 Å². The van der Waals surface area contributed by atoms with E-state index in [4.69, 9.17) is 15.2 Å². The minimum Gasteiger partial charge on any atom is -0.497 e. The van der Waals surface area contributed by atoms with Crippen LogP contribution in [-0.4, -0.2) is 24.4 Å². The molecule has 3 aromatic carbocycles. The summed E-state index contributed by atoms with van der Waals surface area (Å²) in [4.78, 5) is 12.0. The summed E-state index contributed by atoms with van der Waals surface area (Å²) in [5.74, 6) is 0.814. The number of anilines is 2. The van der Waals surface area contributed by atoms with E-state index in [2.05, 4.69) is 41.1 Å². The minimum atomic E-state index is -0.457. The number of ether oxygens (including phenoxy) is 2. The number of nitrogen functional groups attached to an aromatic ring is 1. The first kappa shape index (κ1) is 22.3. The van der Waals surface area contributed by atoms with Crippen molar-refractivity contribution in [3.63, 3.8) is 0 Å². The number of methoxy groups -OCH3 is 1. The molecule has 0 saturated carbocycles. The van der Waals surface area contributed by atoms with Crippen LogP contribution in [0.2, 0.25) is 0 Å². The van der Waals surface area contributed by atoms with Gasteiger partial charge in [0.25, 0.3) is 0 Å². The molecule has 0 spiro atoms. The van der Waals surface area contributed by atoms with Gasteiger partial charge in [-0.15, -0.1) is 0 Å². The average molecular weight is 444 g/mol. The molecule has 0 bridgehead atoms. The molecule has 6 nitrogen and oxygen atoms in total. The summed E-state index contributed by atoms with van der Waals surface area (Å²) >= 11 is 0. The fraction of sp³-hybridized carbons (Fsp3) is 0.222. The zero-order chi connectivity index (χ0) is 23.4. The number of benzene rings is 3. The quantitative estimate of drug-likeness (QED) is 0.340. The van der Waals surface area contributed by atoms with Gasteiger partial charge in [-0.3, -0.25) is 5.32 Å². The zero-order valence-electron chi connectivity index (χ0n) is 19.2. The van der Waals surface area contributed by atoms with Crippen LogP contribution in [0.5, 0.6) is 5.75 Å². The van der Waals surface area contributed by atoms with E-state index >= 15 is 0 Å². The molecule has 0 aliphatic heterocycles. The Balaban J connectivity index is 1.76. The topological polar surface area (TPSA) is 78.5 Å². The number of aryl methyl sites for hydroxylation is 1. The lowest BCUT2D eigenvalue weighted by molar-refractivity contribution is 0.161. The summed E-state index contributed by atoms with van der Waals surface area (Å²) in [5, 5.41) is 3.79. The molecule has 0 radical (unpaired) electrons. The maximum atomic E-state index is 12.0. The largest absolute Gasteiger partial charge is 0.497 e. The Morgan fingerprint density at radius 2 is 1.73 bits per heavy atom. The summed E-state index contributed by atoms with van der Waals surface area (Å²) in [6.07, 6.45) is 0.319. The number of carbonyl (C=O) groups excluding carboxylic acids is 1. The molecule has 4 rings (SSSR count). The number of fused-ring (bicyclic) bond motifs is 1. The van der Waals surface area contributed by atoms with E-state index in [-0.39, 0.29) is 0 Å². The second kappa shape index (κ2) is 9.69. The fourth-order valence-electron chi connectivity index (χ4n) is 4.10. The molecule has 6 heteroatoms. The van der Waals surface area contributed by atoms with Gasteiger partial charge < -0.3 is 19.8 Å². The predicted molar refractivity (Wildman–Crippen MR) is 135 cm³/mol. The van der Waals surface area contributed by atoms with Gasteiger partial charge in [-0.25, -0.2) is 4.79 Å². The number of nitrogens with one attached hydrogen (secondary N) is 1. The highest BCUT2D eigenvalue weighted by Crippen LogP contribution is 2.39. The molecule has 33 heavy (non-hydrogen) atoms. The van der Waals surface area contributed by atoms with Crippen molar-refractivity contribution >= 4 is 28.4 Å². The number of nitrogens with two attached hydrogens (primary N) is 1. The summed E-state index contributed by atoms with van der Waals surface area (Å²) in [6.45, 7) is 5.21. The van der Waals surface area contributed by atoms with Gasteiger partial charge in [0, 0.05) is 23.2 Å². The van der Waals surface area contributed by atoms with Crippen LogP contribution in [-0.2, 0) is 11.3 Å². The van der Waals surface area contributed by atoms with E-state index in [9.17, 15) is 4.79 Å². The number of carbonyl (C=O) groups is 1. The highest BCUT2D eigenvalue weighted by Gasteiger charge is 2.17. The molecule has 1 amide bonds. The third-order valence-electron chi connectivity index (χ3n) is 5.64. The number of hydrogen-bond donors (Lipinski definition) is 2. The smallest absolute Gasteiger partial charge is 0.411 e. The fourth-order valence-corrected chi connectivity index (χ4v) is 4.10. The summed E-state index contributed by atoms with van der Waals surface area (Å²) < 4.78 is 12.7. The van der Waals surface area contributed by atoms with E-state index in [1.54, 1.807) is 7.11 Å². The molecule has 1 aromatic heterocycles. The first-order valence-corrected chi connectivity index (χ1v) is 11.2. The summed E-state index contributed by atoms with van der Waals surface area (Å²) in [7, 11) is 1.67. The minimum absolute atomic E-state index is 0.387. The Labute approximate surface area is 193 Å². The van der Waals surface area contributed by atoms with Gasteiger partial charge in [-0.05, 0) is 60.9 Å². The van der Waals surface area contributed by atoms with Crippen molar-refractivity contribution in [2.45, 2.75) is 26.8 Å². The van der Waals surface area contributed by atoms with Crippen LogP contribution < -0.4 is 15.8 Å². The Morgan fingerprint density at radius 3 is 2.48 bits per heavy atom. The molecular formula is C27H29N3O3. The van der Waals surface area contributed by atoms with Crippen LogP contribution in [0.25, 0.3) is 33.3 Å². The lowest BCUT2D eigenvalue weighted by atomic mass is 10.0. The Bertz CT molecular complexity index is 1290. The van der Waals surface area contributed by atoms with Crippen molar-refractivity contribution in [1.29, 1.82) is 0 Å².